The van der Waals surface area contributed by atoms with E-state index in [0.717, 1.165) is 25.7 Å². The Morgan fingerprint density at radius 1 is 0.977 bits per heavy atom. The average Bonchev–Trinajstić information content (AvgIpc) is 3.59. The highest BCUT2D eigenvalue weighted by molar-refractivity contribution is 5.85. The highest BCUT2D eigenvalue weighted by atomic mass is 16.3. The Kier molecular flexibility index (Phi) is 9.06. The van der Waals surface area contributed by atoms with E-state index in [1.165, 1.54) is 11.1 Å². The number of hydrogen-bond acceptors (Lipinski definition) is 9. The summed E-state index contributed by atoms with van der Waals surface area (Å²) in [7, 11) is 0. The van der Waals surface area contributed by atoms with Crippen molar-refractivity contribution in [3.63, 3.8) is 0 Å². The van der Waals surface area contributed by atoms with Crippen molar-refractivity contribution in [2.45, 2.75) is 75.3 Å². The van der Waals surface area contributed by atoms with Crippen LogP contribution in [0.1, 0.15) is 62.1 Å². The van der Waals surface area contributed by atoms with Gasteiger partial charge in [0.25, 0.3) is 0 Å². The zero-order valence-electron chi connectivity index (χ0n) is 25.0. The predicted octanol–water partition coefficient (Wildman–Crippen LogP) is 3.17. The predicted molar refractivity (Wildman–Crippen MR) is 170 cm³/mol. The van der Waals surface area contributed by atoms with Crippen molar-refractivity contribution in [1.82, 2.24) is 24.8 Å². The number of amides is 1. The van der Waals surface area contributed by atoms with Crippen LogP contribution in [0.4, 0.5) is 11.8 Å². The van der Waals surface area contributed by atoms with Gasteiger partial charge in [-0.3, -0.25) is 4.79 Å². The minimum atomic E-state index is -1.19. The van der Waals surface area contributed by atoms with Crippen LogP contribution >= 0.6 is 0 Å². The highest BCUT2D eigenvalue weighted by Crippen LogP contribution is 2.38. The molecule has 0 spiro atoms. The Balaban J connectivity index is 1.34. The highest BCUT2D eigenvalue weighted by Gasteiger charge is 2.46. The third kappa shape index (κ3) is 6.26. The van der Waals surface area contributed by atoms with Crippen molar-refractivity contribution in [1.29, 1.82) is 0 Å². The molecule has 232 valence electrons. The SMILES string of the molecule is CCNC(=O)[C@H]1C[C@@H](n2cnc3c(NCC(c4ccccc4)c4ccccc4)nc(N[C@H]4CC[C@H](N)CC4)nc32)[C@H](O)[C@@H]1O. The Morgan fingerprint density at radius 2 is 1.64 bits per heavy atom. The maximum Gasteiger partial charge on any atom is 0.227 e. The van der Waals surface area contributed by atoms with E-state index in [1.54, 1.807) is 10.9 Å². The number of benzene rings is 2. The molecule has 0 saturated heterocycles. The minimum Gasteiger partial charge on any atom is -0.390 e. The van der Waals surface area contributed by atoms with Crippen LogP contribution in [0.3, 0.4) is 0 Å². The summed E-state index contributed by atoms with van der Waals surface area (Å²) >= 11 is 0. The second kappa shape index (κ2) is 13.3. The van der Waals surface area contributed by atoms with E-state index < -0.39 is 24.2 Å². The summed E-state index contributed by atoms with van der Waals surface area (Å²) in [6.07, 6.45) is 3.28. The number of fused-ring (bicyclic) bond motifs is 1. The number of imidazole rings is 1. The fourth-order valence-corrected chi connectivity index (χ4v) is 6.64. The van der Waals surface area contributed by atoms with E-state index in [0.29, 0.717) is 36.0 Å². The molecule has 4 aromatic rings. The number of nitrogens with one attached hydrogen (secondary N) is 3. The summed E-state index contributed by atoms with van der Waals surface area (Å²) < 4.78 is 1.78. The second-order valence-corrected chi connectivity index (χ2v) is 12.0. The summed E-state index contributed by atoms with van der Waals surface area (Å²) in [5.41, 5.74) is 9.60. The van der Waals surface area contributed by atoms with Crippen molar-refractivity contribution < 1.29 is 15.0 Å². The molecule has 2 aromatic heterocycles. The minimum absolute atomic E-state index is 0.0605. The molecule has 2 aliphatic rings. The maximum absolute atomic E-state index is 12.7. The van der Waals surface area contributed by atoms with Crippen LogP contribution in [-0.4, -0.2) is 73.0 Å². The van der Waals surface area contributed by atoms with E-state index in [2.05, 4.69) is 45.2 Å². The molecule has 1 amide bonds. The summed E-state index contributed by atoms with van der Waals surface area (Å²) in [4.78, 5) is 27.1. The summed E-state index contributed by atoms with van der Waals surface area (Å²) in [5, 5.41) is 31.7. The number of aliphatic hydroxyl groups is 2. The number of hydrogen-bond donors (Lipinski definition) is 6. The van der Waals surface area contributed by atoms with Gasteiger partial charge < -0.3 is 36.5 Å². The van der Waals surface area contributed by atoms with Crippen LogP contribution in [0, 0.1) is 5.92 Å². The van der Waals surface area contributed by atoms with Crippen LogP contribution in [0.15, 0.2) is 67.0 Å². The lowest BCUT2D eigenvalue weighted by atomic mass is 9.91. The third-order valence-corrected chi connectivity index (χ3v) is 9.10. The zero-order chi connectivity index (χ0) is 30.6. The fraction of sp³-hybridized carbons (Fsp3) is 0.455. The summed E-state index contributed by atoms with van der Waals surface area (Å²) in [6, 6.07) is 20.6. The molecule has 44 heavy (non-hydrogen) atoms. The van der Waals surface area contributed by atoms with Gasteiger partial charge in [0.15, 0.2) is 17.0 Å². The van der Waals surface area contributed by atoms with Gasteiger partial charge in [-0.15, -0.1) is 0 Å². The van der Waals surface area contributed by atoms with Gasteiger partial charge >= 0.3 is 0 Å². The van der Waals surface area contributed by atoms with Crippen molar-refractivity contribution in [3.05, 3.63) is 78.1 Å². The monoisotopic (exact) mass is 598 g/mol. The number of nitrogens with two attached hydrogens (primary N) is 1. The normalized spacial score (nSPS) is 25.3. The number of anilines is 2. The molecule has 11 heteroatoms. The molecule has 2 saturated carbocycles. The molecule has 2 aromatic carbocycles. The van der Waals surface area contributed by atoms with Gasteiger partial charge in [-0.1, -0.05) is 60.7 Å². The smallest absolute Gasteiger partial charge is 0.227 e. The summed E-state index contributed by atoms with van der Waals surface area (Å²) in [5.74, 6) is 0.105. The van der Waals surface area contributed by atoms with Crippen molar-refractivity contribution in [3.8, 4) is 0 Å². The number of nitrogens with zero attached hydrogens (tertiary/aromatic N) is 4. The van der Waals surface area contributed by atoms with E-state index in [-0.39, 0.29) is 30.3 Å². The lowest BCUT2D eigenvalue weighted by Crippen LogP contribution is -2.38. The van der Waals surface area contributed by atoms with E-state index in [9.17, 15) is 15.0 Å². The number of carbonyl (C=O) groups excluding carboxylic acids is 1. The van der Waals surface area contributed by atoms with Crippen molar-refractivity contribution in [2.75, 3.05) is 23.7 Å². The average molecular weight is 599 g/mol. The van der Waals surface area contributed by atoms with Crippen LogP contribution in [-0.2, 0) is 4.79 Å². The van der Waals surface area contributed by atoms with Crippen LogP contribution < -0.4 is 21.7 Å². The van der Waals surface area contributed by atoms with Gasteiger partial charge in [-0.25, -0.2) is 4.98 Å². The van der Waals surface area contributed by atoms with Crippen LogP contribution in [0.2, 0.25) is 0 Å². The molecule has 0 aliphatic heterocycles. The topological polar surface area (TPSA) is 163 Å². The number of rotatable bonds is 10. The first-order chi connectivity index (χ1) is 21.4. The van der Waals surface area contributed by atoms with E-state index in [1.807, 2.05) is 43.3 Å². The first-order valence-corrected chi connectivity index (χ1v) is 15.7. The molecule has 11 nitrogen and oxygen atoms in total. The maximum atomic E-state index is 12.7. The molecule has 0 bridgehead atoms. The van der Waals surface area contributed by atoms with Gasteiger partial charge in [0.05, 0.1) is 24.4 Å². The molecule has 2 fully saturated rings. The molecule has 0 radical (unpaired) electrons. The van der Waals surface area contributed by atoms with Crippen molar-refractivity contribution in [2.24, 2.45) is 11.7 Å². The van der Waals surface area contributed by atoms with Crippen molar-refractivity contribution >= 4 is 28.8 Å². The number of carbonyl (C=O) groups is 1. The van der Waals surface area contributed by atoms with E-state index in [4.69, 9.17) is 15.7 Å². The molecule has 2 aliphatic carbocycles. The molecule has 6 rings (SSSR count). The van der Waals surface area contributed by atoms with Gasteiger partial charge in [0.1, 0.15) is 6.10 Å². The Hall–Kier alpha value is -4.06. The van der Waals surface area contributed by atoms with Crippen LogP contribution in [0.25, 0.3) is 11.2 Å². The van der Waals surface area contributed by atoms with Crippen LogP contribution in [0.5, 0.6) is 0 Å². The summed E-state index contributed by atoms with van der Waals surface area (Å²) in [6.45, 7) is 2.85. The lowest BCUT2D eigenvalue weighted by molar-refractivity contribution is -0.128. The molecule has 0 unspecified atom stereocenters. The first kappa shape index (κ1) is 30.0. The van der Waals surface area contributed by atoms with E-state index >= 15 is 0 Å². The molecule has 7 N–H and O–H groups in total. The zero-order valence-corrected chi connectivity index (χ0v) is 25.0. The second-order valence-electron chi connectivity index (χ2n) is 12.0. The fourth-order valence-electron chi connectivity index (χ4n) is 6.64. The molecule has 4 atom stereocenters. The molecule has 2 heterocycles. The van der Waals surface area contributed by atoms with Gasteiger partial charge in [-0.2, -0.15) is 9.97 Å². The Bertz CT molecular complexity index is 1500. The largest absolute Gasteiger partial charge is 0.390 e. The first-order valence-electron chi connectivity index (χ1n) is 15.7. The lowest BCUT2D eigenvalue weighted by Gasteiger charge is -2.27. The number of aliphatic hydroxyl groups excluding tert-OH is 2. The Morgan fingerprint density at radius 3 is 2.27 bits per heavy atom. The van der Waals surface area contributed by atoms with Gasteiger partial charge in [-0.05, 0) is 50.2 Å². The Labute approximate surface area is 257 Å². The van der Waals surface area contributed by atoms with Gasteiger partial charge in [0, 0.05) is 31.1 Å². The standard InChI is InChI=1S/C33H42N8O3/c1-2-35-32(44)24-17-26(29(43)28(24)42)41-19-37-27-30(39-33(40-31(27)41)38-23-15-13-22(34)14-16-23)36-18-25(20-9-5-3-6-10-20)21-11-7-4-8-12-21/h3-12,19,22-26,28-29,42-43H,2,13-18,34H2,1H3,(H,35,44)(H2,36,38,39,40)/t22-,23-,24-,26+,28+,29-/m0/s1. The quantitative estimate of drug-likeness (QED) is 0.161. The molecular weight excluding hydrogens is 556 g/mol. The third-order valence-electron chi connectivity index (χ3n) is 9.10. The molecular formula is C33H42N8O3. The van der Waals surface area contributed by atoms with Gasteiger partial charge in [0.2, 0.25) is 11.9 Å². The number of aromatic nitrogens is 4.